The number of benzene rings is 3. The summed E-state index contributed by atoms with van der Waals surface area (Å²) in [7, 11) is 0. The zero-order valence-electron chi connectivity index (χ0n) is 16.3. The van der Waals surface area contributed by atoms with E-state index in [9.17, 15) is 4.79 Å². The summed E-state index contributed by atoms with van der Waals surface area (Å²) >= 11 is 0. The number of nitrogens with zero attached hydrogens (tertiary/aromatic N) is 2. The van der Waals surface area contributed by atoms with Crippen LogP contribution in [0.4, 0.5) is 5.82 Å². The molecule has 0 fully saturated rings. The lowest BCUT2D eigenvalue weighted by Crippen LogP contribution is -2.36. The predicted octanol–water partition coefficient (Wildman–Crippen LogP) is 5.55. The number of pyridine rings is 1. The van der Waals surface area contributed by atoms with E-state index in [1.54, 1.807) is 11.1 Å². The van der Waals surface area contributed by atoms with E-state index in [0.29, 0.717) is 12.4 Å². The Balaban J connectivity index is 1.62. The molecule has 0 saturated carbocycles. The maximum atomic E-state index is 14.1. The first-order valence-corrected chi connectivity index (χ1v) is 9.93. The first-order valence-electron chi connectivity index (χ1n) is 9.93. The van der Waals surface area contributed by atoms with Gasteiger partial charge in [0.2, 0.25) is 5.91 Å². The molecule has 1 aliphatic rings. The van der Waals surface area contributed by atoms with Crippen LogP contribution in [0, 0.1) is 0 Å². The fourth-order valence-electron chi connectivity index (χ4n) is 3.88. The van der Waals surface area contributed by atoms with Crippen molar-refractivity contribution >= 4 is 11.7 Å². The summed E-state index contributed by atoms with van der Waals surface area (Å²) in [5.41, 5.74) is 2.79. The molecule has 30 heavy (non-hydrogen) atoms. The lowest BCUT2D eigenvalue weighted by Gasteiger charge is -2.31. The summed E-state index contributed by atoms with van der Waals surface area (Å²) in [5, 5.41) is 0. The molecule has 4 aromatic rings. The SMILES string of the molecule is O=C(C1c2ccccc2Oc2ccccc21)N(Cc1ccccc1)c1ccccn1. The van der Waals surface area contributed by atoms with Crippen molar-refractivity contribution in [2.24, 2.45) is 0 Å². The third kappa shape index (κ3) is 3.33. The van der Waals surface area contributed by atoms with Gasteiger partial charge in [-0.1, -0.05) is 72.8 Å². The number of para-hydroxylation sites is 2. The van der Waals surface area contributed by atoms with Crippen LogP contribution >= 0.6 is 0 Å². The van der Waals surface area contributed by atoms with Crippen molar-refractivity contribution in [3.8, 4) is 11.5 Å². The number of carbonyl (C=O) groups excluding carboxylic acids is 1. The Morgan fingerprint density at radius 2 is 1.37 bits per heavy atom. The van der Waals surface area contributed by atoms with Crippen LogP contribution in [0.25, 0.3) is 0 Å². The largest absolute Gasteiger partial charge is 0.457 e. The maximum absolute atomic E-state index is 14.1. The minimum atomic E-state index is -0.461. The summed E-state index contributed by atoms with van der Waals surface area (Å²) < 4.78 is 6.08. The number of fused-ring (bicyclic) bond motifs is 2. The molecule has 1 aromatic heterocycles. The number of hydrogen-bond acceptors (Lipinski definition) is 3. The van der Waals surface area contributed by atoms with E-state index in [4.69, 9.17) is 4.74 Å². The first kappa shape index (κ1) is 18.1. The van der Waals surface area contributed by atoms with Gasteiger partial charge < -0.3 is 4.74 Å². The molecular formula is C26H20N2O2. The fraction of sp³-hybridized carbons (Fsp3) is 0.0769. The van der Waals surface area contributed by atoms with Crippen LogP contribution < -0.4 is 9.64 Å². The number of hydrogen-bond donors (Lipinski definition) is 0. The normalized spacial score (nSPS) is 12.4. The van der Waals surface area contributed by atoms with Crippen molar-refractivity contribution in [3.63, 3.8) is 0 Å². The Morgan fingerprint density at radius 3 is 2.00 bits per heavy atom. The lowest BCUT2D eigenvalue weighted by atomic mass is 9.86. The number of ether oxygens (including phenoxy) is 1. The highest BCUT2D eigenvalue weighted by atomic mass is 16.5. The minimum absolute atomic E-state index is 0.0271. The number of amides is 1. The third-order valence-corrected chi connectivity index (χ3v) is 5.30. The summed E-state index contributed by atoms with van der Waals surface area (Å²) in [6.45, 7) is 0.443. The average Bonchev–Trinajstić information content (AvgIpc) is 2.82. The van der Waals surface area contributed by atoms with Crippen LogP contribution in [-0.2, 0) is 11.3 Å². The monoisotopic (exact) mass is 392 g/mol. The lowest BCUT2D eigenvalue weighted by molar-refractivity contribution is -0.119. The molecule has 0 saturated heterocycles. The van der Waals surface area contributed by atoms with Crippen LogP contribution in [0.2, 0.25) is 0 Å². The van der Waals surface area contributed by atoms with Crippen molar-refractivity contribution in [1.29, 1.82) is 0 Å². The maximum Gasteiger partial charge on any atom is 0.240 e. The molecule has 0 radical (unpaired) electrons. The molecular weight excluding hydrogens is 372 g/mol. The molecule has 0 aliphatic carbocycles. The van der Waals surface area contributed by atoms with E-state index in [1.165, 1.54) is 0 Å². The van der Waals surface area contributed by atoms with Crippen LogP contribution in [0.15, 0.2) is 103 Å². The Hall–Kier alpha value is -3.92. The summed E-state index contributed by atoms with van der Waals surface area (Å²) in [5.74, 6) is 1.58. The van der Waals surface area contributed by atoms with E-state index >= 15 is 0 Å². The predicted molar refractivity (Wildman–Crippen MR) is 117 cm³/mol. The highest BCUT2D eigenvalue weighted by Crippen LogP contribution is 2.45. The molecule has 1 amide bonds. The second-order valence-corrected chi connectivity index (χ2v) is 7.21. The number of carbonyl (C=O) groups is 1. The zero-order chi connectivity index (χ0) is 20.3. The fourth-order valence-corrected chi connectivity index (χ4v) is 3.88. The third-order valence-electron chi connectivity index (χ3n) is 5.30. The smallest absolute Gasteiger partial charge is 0.240 e. The van der Waals surface area contributed by atoms with Gasteiger partial charge in [0.15, 0.2) is 0 Å². The van der Waals surface area contributed by atoms with Crippen molar-refractivity contribution in [1.82, 2.24) is 4.98 Å². The van der Waals surface area contributed by atoms with E-state index in [1.807, 2.05) is 97.1 Å². The van der Waals surface area contributed by atoms with Crippen molar-refractivity contribution in [2.75, 3.05) is 4.90 Å². The number of rotatable bonds is 4. The van der Waals surface area contributed by atoms with Crippen molar-refractivity contribution in [2.45, 2.75) is 12.5 Å². The second kappa shape index (κ2) is 7.84. The van der Waals surface area contributed by atoms with Crippen molar-refractivity contribution < 1.29 is 9.53 Å². The summed E-state index contributed by atoms with van der Waals surface area (Å²) in [6.07, 6.45) is 1.71. The Morgan fingerprint density at radius 1 is 0.767 bits per heavy atom. The van der Waals surface area contributed by atoms with Crippen LogP contribution in [0.1, 0.15) is 22.6 Å². The minimum Gasteiger partial charge on any atom is -0.457 e. The number of anilines is 1. The molecule has 146 valence electrons. The highest BCUT2D eigenvalue weighted by Gasteiger charge is 2.36. The summed E-state index contributed by atoms with van der Waals surface area (Å²) in [4.78, 5) is 20.3. The molecule has 1 aliphatic heterocycles. The van der Waals surface area contributed by atoms with Gasteiger partial charge >= 0.3 is 0 Å². The van der Waals surface area contributed by atoms with Crippen LogP contribution in [-0.4, -0.2) is 10.9 Å². The van der Waals surface area contributed by atoms with Gasteiger partial charge in [0, 0.05) is 17.3 Å². The summed E-state index contributed by atoms with van der Waals surface area (Å²) in [6, 6.07) is 31.1. The molecule has 0 atom stereocenters. The van der Waals surface area contributed by atoms with Gasteiger partial charge in [0.05, 0.1) is 12.5 Å². The zero-order valence-corrected chi connectivity index (χ0v) is 16.3. The first-order chi connectivity index (χ1) is 14.8. The molecule has 0 N–H and O–H groups in total. The van der Waals surface area contributed by atoms with Crippen LogP contribution in [0.5, 0.6) is 11.5 Å². The van der Waals surface area contributed by atoms with Crippen molar-refractivity contribution in [3.05, 3.63) is 120 Å². The quantitative estimate of drug-likeness (QED) is 0.457. The van der Waals surface area contributed by atoms with Gasteiger partial charge in [-0.15, -0.1) is 0 Å². The topological polar surface area (TPSA) is 42.4 Å². The molecule has 0 spiro atoms. The van der Waals surface area contributed by atoms with Gasteiger partial charge in [0.1, 0.15) is 17.3 Å². The standard InChI is InChI=1S/C26H20N2O2/c29-26(28(24-16-8-9-17-27-24)18-19-10-2-1-3-11-19)25-20-12-4-6-14-22(20)30-23-15-7-5-13-21(23)25/h1-17,25H,18H2. The van der Waals surface area contributed by atoms with E-state index < -0.39 is 5.92 Å². The average molecular weight is 392 g/mol. The van der Waals surface area contributed by atoms with E-state index in [2.05, 4.69) is 4.98 Å². The van der Waals surface area contributed by atoms with Gasteiger partial charge in [-0.05, 0) is 29.8 Å². The van der Waals surface area contributed by atoms with E-state index in [-0.39, 0.29) is 5.91 Å². The molecule has 0 unspecified atom stereocenters. The Labute approximate surface area is 175 Å². The van der Waals surface area contributed by atoms with E-state index in [0.717, 1.165) is 28.2 Å². The second-order valence-electron chi connectivity index (χ2n) is 7.21. The Kier molecular flexibility index (Phi) is 4.74. The molecule has 3 aromatic carbocycles. The highest BCUT2D eigenvalue weighted by molar-refractivity contribution is 6.00. The molecule has 4 heteroatoms. The Bertz CT molecular complexity index is 1130. The molecule has 2 heterocycles. The van der Waals surface area contributed by atoms with Gasteiger partial charge in [-0.3, -0.25) is 9.69 Å². The molecule has 0 bridgehead atoms. The number of aromatic nitrogens is 1. The molecule has 4 nitrogen and oxygen atoms in total. The van der Waals surface area contributed by atoms with Gasteiger partial charge in [-0.2, -0.15) is 0 Å². The van der Waals surface area contributed by atoms with Crippen LogP contribution in [0.3, 0.4) is 0 Å². The van der Waals surface area contributed by atoms with Gasteiger partial charge in [0.25, 0.3) is 0 Å². The van der Waals surface area contributed by atoms with Gasteiger partial charge in [-0.25, -0.2) is 4.98 Å². The molecule has 5 rings (SSSR count).